The highest BCUT2D eigenvalue weighted by atomic mass is 35.5. The summed E-state index contributed by atoms with van der Waals surface area (Å²) in [6, 6.07) is 11.7. The molecule has 3 aromatic heterocycles. The highest BCUT2D eigenvalue weighted by Crippen LogP contribution is 2.52. The number of fused-ring (bicyclic) bond motifs is 4. The van der Waals surface area contributed by atoms with Crippen LogP contribution in [0.25, 0.3) is 32.9 Å². The first-order valence-electron chi connectivity index (χ1n) is 18.9. The molecule has 5 atom stereocenters. The van der Waals surface area contributed by atoms with E-state index in [0.717, 1.165) is 68.3 Å². The molecule has 2 aliphatic carbocycles. The largest absolute Gasteiger partial charge is 0.338 e. The number of anilines is 1. The van der Waals surface area contributed by atoms with Gasteiger partial charge in [-0.15, -0.1) is 5.10 Å². The topological polar surface area (TPSA) is 121 Å². The zero-order valence-corrected chi connectivity index (χ0v) is 30.9. The van der Waals surface area contributed by atoms with Gasteiger partial charge < -0.3 is 19.7 Å². The number of carbonyl (C=O) groups is 1. The molecule has 4 saturated heterocycles. The van der Waals surface area contributed by atoms with Crippen LogP contribution in [0.3, 0.4) is 0 Å². The number of aromatic nitrogens is 6. The van der Waals surface area contributed by atoms with Gasteiger partial charge in [0.15, 0.2) is 5.82 Å². The molecule has 4 aliphatic heterocycles. The Labute approximate surface area is 316 Å². The highest BCUT2D eigenvalue weighted by molar-refractivity contribution is 6.43. The first-order chi connectivity index (χ1) is 25.8. The van der Waals surface area contributed by atoms with Crippen molar-refractivity contribution >= 4 is 56.9 Å². The van der Waals surface area contributed by atoms with E-state index in [2.05, 4.69) is 42.1 Å². The summed E-state index contributed by atoms with van der Waals surface area (Å²) in [6.07, 6.45) is 6.31. The SMILES string of the molecule is Cc1nc2c(F)c(-c3cccc(Cl)c3Cl)c(CCC#N)cc2c2c1cc(C1CC(n3nnc(N4CCCC4)n3)CN1C(=O)C1CC1)n2C1C2CNC1C2. The van der Waals surface area contributed by atoms with Crippen LogP contribution < -0.4 is 10.2 Å². The number of pyridine rings is 1. The van der Waals surface area contributed by atoms with Gasteiger partial charge in [0.2, 0.25) is 5.91 Å². The summed E-state index contributed by atoms with van der Waals surface area (Å²) in [5, 5.41) is 29.3. The zero-order chi connectivity index (χ0) is 36.1. The molecule has 0 spiro atoms. The maximum absolute atomic E-state index is 17.2. The molecule has 272 valence electrons. The van der Waals surface area contributed by atoms with E-state index in [1.165, 1.54) is 0 Å². The van der Waals surface area contributed by atoms with Crippen molar-refractivity contribution in [1.29, 1.82) is 5.26 Å². The lowest BCUT2D eigenvalue weighted by Crippen LogP contribution is -2.41. The summed E-state index contributed by atoms with van der Waals surface area (Å²) >= 11 is 13.1. The minimum atomic E-state index is -0.480. The number of halogens is 3. The molecule has 5 unspecified atom stereocenters. The molecular formula is C39H39Cl2FN10O. The Balaban J connectivity index is 1.17. The molecule has 7 heterocycles. The van der Waals surface area contributed by atoms with Crippen LogP contribution in [0, 0.1) is 35.9 Å². The third-order valence-corrected chi connectivity index (χ3v) is 13.2. The van der Waals surface area contributed by atoms with E-state index in [4.69, 9.17) is 33.3 Å². The number of amides is 1. The Kier molecular flexibility index (Phi) is 7.94. The van der Waals surface area contributed by atoms with Crippen LogP contribution in [-0.2, 0) is 11.2 Å². The summed E-state index contributed by atoms with van der Waals surface area (Å²) in [4.78, 5) is 25.0. The summed E-state index contributed by atoms with van der Waals surface area (Å²) in [5.41, 5.74) is 4.40. The van der Waals surface area contributed by atoms with Gasteiger partial charge in [0, 0.05) is 77.8 Å². The minimum Gasteiger partial charge on any atom is -0.338 e. The number of carbonyl (C=O) groups excluding carboxylic acids is 1. The molecule has 2 bridgehead atoms. The normalized spacial score (nSPS) is 25.2. The maximum Gasteiger partial charge on any atom is 0.266 e. The lowest BCUT2D eigenvalue weighted by Gasteiger charge is -2.39. The number of hydrogen-bond donors (Lipinski definition) is 1. The first-order valence-corrected chi connectivity index (χ1v) is 19.6. The van der Waals surface area contributed by atoms with Gasteiger partial charge in [0.1, 0.15) is 5.52 Å². The van der Waals surface area contributed by atoms with E-state index >= 15 is 4.39 Å². The number of nitriles is 1. The maximum atomic E-state index is 17.2. The Bertz CT molecular complexity index is 2340. The summed E-state index contributed by atoms with van der Waals surface area (Å²) in [6.45, 7) is 5.20. The van der Waals surface area contributed by atoms with Crippen molar-refractivity contribution in [2.75, 3.05) is 31.1 Å². The van der Waals surface area contributed by atoms with Gasteiger partial charge in [-0.1, -0.05) is 40.4 Å². The molecule has 14 heteroatoms. The Morgan fingerprint density at radius 1 is 1.13 bits per heavy atom. The fourth-order valence-electron chi connectivity index (χ4n) is 9.58. The Morgan fingerprint density at radius 2 is 1.96 bits per heavy atom. The van der Waals surface area contributed by atoms with Gasteiger partial charge in [0.05, 0.1) is 39.8 Å². The molecule has 2 saturated carbocycles. The predicted molar refractivity (Wildman–Crippen MR) is 200 cm³/mol. The lowest BCUT2D eigenvalue weighted by molar-refractivity contribution is -0.133. The van der Waals surface area contributed by atoms with Crippen LogP contribution in [0.5, 0.6) is 0 Å². The number of tetrazole rings is 1. The molecule has 0 radical (unpaired) electrons. The van der Waals surface area contributed by atoms with E-state index in [-0.39, 0.29) is 53.0 Å². The van der Waals surface area contributed by atoms with Gasteiger partial charge in [-0.05, 0) is 86.8 Å². The van der Waals surface area contributed by atoms with Gasteiger partial charge in [-0.25, -0.2) is 9.37 Å². The fraction of sp³-hybridized carbons (Fsp3) is 0.487. The van der Waals surface area contributed by atoms with Crippen LogP contribution in [0.2, 0.25) is 10.0 Å². The first kappa shape index (κ1) is 33.3. The number of hydrogen-bond acceptors (Lipinski definition) is 8. The molecule has 11 nitrogen and oxygen atoms in total. The number of benzene rings is 2. The Morgan fingerprint density at radius 3 is 2.70 bits per heavy atom. The molecule has 6 fully saturated rings. The van der Waals surface area contributed by atoms with Crippen molar-refractivity contribution < 1.29 is 9.18 Å². The minimum absolute atomic E-state index is 0.0391. The quantitative estimate of drug-likeness (QED) is 0.178. The smallest absolute Gasteiger partial charge is 0.266 e. The number of nitrogens with one attached hydrogen (secondary N) is 1. The highest BCUT2D eigenvalue weighted by Gasteiger charge is 2.51. The summed E-state index contributed by atoms with van der Waals surface area (Å²) in [5.74, 6) is 0.799. The van der Waals surface area contributed by atoms with E-state index in [9.17, 15) is 10.1 Å². The van der Waals surface area contributed by atoms with Crippen LogP contribution in [0.4, 0.5) is 10.3 Å². The molecule has 1 amide bonds. The van der Waals surface area contributed by atoms with Crippen molar-refractivity contribution in [2.45, 2.75) is 82.5 Å². The predicted octanol–water partition coefficient (Wildman–Crippen LogP) is 7.11. The Hall–Kier alpha value is -4.31. The van der Waals surface area contributed by atoms with Crippen LogP contribution in [-0.4, -0.2) is 72.8 Å². The van der Waals surface area contributed by atoms with Crippen molar-refractivity contribution in [1.82, 2.24) is 40.0 Å². The standard InChI is InChI=1S/C39H39Cl2FN10O/c1-20-26-17-31(30-16-24(19-50(30)38(53)21-9-10-21)52-47-39(46-48-52)49-12-2-3-13-49)51(36-23-15-29(36)44-18-23)37(26)27-14-22(6-5-11-43)32(34(42)35(27)45-20)25-7-4-8-28(40)33(25)41/h4,7-8,14,17,21,23-24,29-30,36,44H,2-3,5-6,9-10,12-13,15-16,18-19H2,1H3. The number of nitrogens with zero attached hydrogens (tertiary/aromatic N) is 9. The van der Waals surface area contributed by atoms with Crippen LogP contribution in [0.15, 0.2) is 30.3 Å². The number of likely N-dealkylation sites (tertiary alicyclic amines) is 1. The van der Waals surface area contributed by atoms with E-state index in [0.29, 0.717) is 64.0 Å². The van der Waals surface area contributed by atoms with Crippen molar-refractivity contribution in [3.05, 3.63) is 63.1 Å². The second-order valence-electron chi connectivity index (χ2n) is 15.6. The van der Waals surface area contributed by atoms with Crippen molar-refractivity contribution in [2.24, 2.45) is 11.8 Å². The molecule has 5 aromatic rings. The third-order valence-electron chi connectivity index (χ3n) is 12.4. The van der Waals surface area contributed by atoms with Gasteiger partial charge in [-0.2, -0.15) is 10.1 Å². The average molecular weight is 754 g/mol. The number of rotatable bonds is 8. The summed E-state index contributed by atoms with van der Waals surface area (Å²) < 4.78 is 19.7. The van der Waals surface area contributed by atoms with Gasteiger partial charge >= 0.3 is 0 Å². The second-order valence-corrected chi connectivity index (χ2v) is 16.3. The number of aryl methyl sites for hydroxylation is 2. The second kappa shape index (κ2) is 12.6. The van der Waals surface area contributed by atoms with E-state index < -0.39 is 5.82 Å². The van der Waals surface area contributed by atoms with Gasteiger partial charge in [-0.3, -0.25) is 4.79 Å². The molecule has 2 aromatic carbocycles. The average Bonchev–Trinajstić information content (AvgIpc) is 3.83. The van der Waals surface area contributed by atoms with E-state index in [1.54, 1.807) is 23.0 Å². The monoisotopic (exact) mass is 752 g/mol. The van der Waals surface area contributed by atoms with Crippen LogP contribution >= 0.6 is 23.2 Å². The van der Waals surface area contributed by atoms with Crippen molar-refractivity contribution in [3.8, 4) is 17.2 Å². The summed E-state index contributed by atoms with van der Waals surface area (Å²) in [7, 11) is 0. The molecule has 11 rings (SSSR count). The molecule has 6 aliphatic rings. The zero-order valence-electron chi connectivity index (χ0n) is 29.4. The van der Waals surface area contributed by atoms with Crippen molar-refractivity contribution in [3.63, 3.8) is 0 Å². The molecular weight excluding hydrogens is 714 g/mol. The van der Waals surface area contributed by atoms with Crippen LogP contribution in [0.1, 0.15) is 80.0 Å². The molecule has 1 N–H and O–H groups in total. The van der Waals surface area contributed by atoms with Gasteiger partial charge in [0.25, 0.3) is 5.95 Å². The fourth-order valence-corrected chi connectivity index (χ4v) is 9.98. The molecule has 53 heavy (non-hydrogen) atoms. The third kappa shape index (κ3) is 5.25. The lowest BCUT2D eigenvalue weighted by atomic mass is 9.79. The van der Waals surface area contributed by atoms with E-state index in [1.807, 2.05) is 13.0 Å².